The molecule has 0 saturated heterocycles. The summed E-state index contributed by atoms with van der Waals surface area (Å²) in [6.45, 7) is 4.22. The minimum atomic E-state index is -0.977. The molecule has 2 unspecified atom stereocenters. The van der Waals surface area contributed by atoms with Crippen molar-refractivity contribution in [1.82, 2.24) is 5.32 Å². The summed E-state index contributed by atoms with van der Waals surface area (Å²) in [7, 11) is 1.57. The van der Waals surface area contributed by atoms with Crippen molar-refractivity contribution in [3.8, 4) is 0 Å². The smallest absolute Gasteiger partial charge is 0.326 e. The normalized spacial score (nSPS) is 14.2. The Bertz CT molecular complexity index is 230. The highest BCUT2D eigenvalue weighted by atomic mass is 16.5. The average Bonchev–Trinajstić information content (AvgIpc) is 2.25. The zero-order valence-electron chi connectivity index (χ0n) is 10.2. The summed E-state index contributed by atoms with van der Waals surface area (Å²) < 4.78 is 4.82. The van der Waals surface area contributed by atoms with Crippen molar-refractivity contribution in [3.63, 3.8) is 0 Å². The number of hydrogen-bond acceptors (Lipinski definition) is 3. The molecule has 0 aliphatic heterocycles. The van der Waals surface area contributed by atoms with Crippen LogP contribution in [0.25, 0.3) is 0 Å². The van der Waals surface area contributed by atoms with Crippen LogP contribution in [-0.2, 0) is 14.3 Å². The van der Waals surface area contributed by atoms with Crippen molar-refractivity contribution in [2.24, 2.45) is 5.92 Å². The fourth-order valence-electron chi connectivity index (χ4n) is 1.31. The van der Waals surface area contributed by atoms with Gasteiger partial charge in [0.1, 0.15) is 6.04 Å². The third kappa shape index (κ3) is 5.70. The fraction of sp³-hybridized carbons (Fsp3) is 0.818. The van der Waals surface area contributed by atoms with Crippen LogP contribution in [0, 0.1) is 5.92 Å². The second-order valence-corrected chi connectivity index (χ2v) is 3.87. The van der Waals surface area contributed by atoms with E-state index in [1.807, 2.05) is 13.8 Å². The lowest BCUT2D eigenvalue weighted by Crippen LogP contribution is -2.45. The third-order valence-corrected chi connectivity index (χ3v) is 2.55. The Balaban J connectivity index is 4.09. The fourth-order valence-corrected chi connectivity index (χ4v) is 1.31. The lowest BCUT2D eigenvalue weighted by Gasteiger charge is -2.20. The lowest BCUT2D eigenvalue weighted by atomic mass is 9.99. The van der Waals surface area contributed by atoms with Crippen LogP contribution in [0.5, 0.6) is 0 Å². The van der Waals surface area contributed by atoms with Crippen LogP contribution in [0.1, 0.15) is 33.1 Å². The van der Waals surface area contributed by atoms with E-state index in [4.69, 9.17) is 9.84 Å². The second kappa shape index (κ2) is 8.10. The predicted octanol–water partition coefficient (Wildman–Crippen LogP) is 1.03. The summed E-state index contributed by atoms with van der Waals surface area (Å²) in [5, 5.41) is 11.5. The molecule has 0 bridgehead atoms. The Morgan fingerprint density at radius 3 is 2.50 bits per heavy atom. The Morgan fingerprint density at radius 2 is 2.06 bits per heavy atom. The average molecular weight is 231 g/mol. The largest absolute Gasteiger partial charge is 0.480 e. The van der Waals surface area contributed by atoms with E-state index in [-0.39, 0.29) is 11.8 Å². The SMILES string of the molecule is CCC(C)C(NC(=O)CCCOC)C(=O)O. The molecule has 5 heteroatoms. The zero-order chi connectivity index (χ0) is 12.6. The quantitative estimate of drug-likeness (QED) is 0.612. The van der Waals surface area contributed by atoms with E-state index in [2.05, 4.69) is 5.32 Å². The zero-order valence-corrected chi connectivity index (χ0v) is 10.2. The van der Waals surface area contributed by atoms with Gasteiger partial charge in [0.05, 0.1) is 0 Å². The minimum absolute atomic E-state index is 0.0659. The van der Waals surface area contributed by atoms with Gasteiger partial charge < -0.3 is 15.2 Å². The molecule has 0 aromatic rings. The molecule has 0 aromatic carbocycles. The van der Waals surface area contributed by atoms with Gasteiger partial charge in [-0.15, -0.1) is 0 Å². The number of methoxy groups -OCH3 is 1. The van der Waals surface area contributed by atoms with Crippen molar-refractivity contribution in [3.05, 3.63) is 0 Å². The Kier molecular flexibility index (Phi) is 7.54. The molecule has 5 nitrogen and oxygen atoms in total. The Hall–Kier alpha value is -1.10. The number of carbonyl (C=O) groups excluding carboxylic acids is 1. The first-order valence-electron chi connectivity index (χ1n) is 5.54. The number of nitrogens with one attached hydrogen (secondary N) is 1. The predicted molar refractivity (Wildman–Crippen MR) is 60.1 cm³/mol. The van der Waals surface area contributed by atoms with Crippen LogP contribution in [-0.4, -0.2) is 36.7 Å². The molecule has 2 atom stereocenters. The van der Waals surface area contributed by atoms with Crippen molar-refractivity contribution >= 4 is 11.9 Å². The number of carbonyl (C=O) groups is 2. The first kappa shape index (κ1) is 14.9. The highest BCUT2D eigenvalue weighted by molar-refractivity contribution is 5.83. The van der Waals surface area contributed by atoms with E-state index >= 15 is 0 Å². The number of hydrogen-bond donors (Lipinski definition) is 2. The van der Waals surface area contributed by atoms with Crippen molar-refractivity contribution in [2.75, 3.05) is 13.7 Å². The number of aliphatic carboxylic acids is 1. The highest BCUT2D eigenvalue weighted by Gasteiger charge is 2.24. The standard InChI is InChI=1S/C11H21NO4/c1-4-8(2)10(11(14)15)12-9(13)6-5-7-16-3/h8,10H,4-7H2,1-3H3,(H,12,13)(H,14,15). The maximum Gasteiger partial charge on any atom is 0.326 e. The minimum Gasteiger partial charge on any atom is -0.480 e. The molecule has 0 saturated carbocycles. The molecule has 2 N–H and O–H groups in total. The molecular weight excluding hydrogens is 210 g/mol. The lowest BCUT2D eigenvalue weighted by molar-refractivity contribution is -0.143. The van der Waals surface area contributed by atoms with Crippen LogP contribution >= 0.6 is 0 Å². The summed E-state index contributed by atoms with van der Waals surface area (Å²) in [6.07, 6.45) is 1.62. The molecule has 1 amide bonds. The van der Waals surface area contributed by atoms with Crippen LogP contribution < -0.4 is 5.32 Å². The molecule has 0 spiro atoms. The summed E-state index contributed by atoms with van der Waals surface area (Å²) in [4.78, 5) is 22.3. The second-order valence-electron chi connectivity index (χ2n) is 3.87. The van der Waals surface area contributed by atoms with Gasteiger partial charge in [0.2, 0.25) is 5.91 Å². The van der Waals surface area contributed by atoms with Crippen molar-refractivity contribution in [1.29, 1.82) is 0 Å². The van der Waals surface area contributed by atoms with Gasteiger partial charge in [-0.1, -0.05) is 20.3 Å². The molecule has 0 heterocycles. The van der Waals surface area contributed by atoms with Gasteiger partial charge in [-0.25, -0.2) is 4.79 Å². The van der Waals surface area contributed by atoms with Gasteiger partial charge in [-0.3, -0.25) is 4.79 Å². The topological polar surface area (TPSA) is 75.6 Å². The first-order chi connectivity index (χ1) is 7.52. The van der Waals surface area contributed by atoms with Gasteiger partial charge in [-0.2, -0.15) is 0 Å². The van der Waals surface area contributed by atoms with Gasteiger partial charge in [0.15, 0.2) is 0 Å². The highest BCUT2D eigenvalue weighted by Crippen LogP contribution is 2.08. The molecule has 0 fully saturated rings. The molecule has 94 valence electrons. The summed E-state index contributed by atoms with van der Waals surface area (Å²) in [5.41, 5.74) is 0. The van der Waals surface area contributed by atoms with Crippen LogP contribution in [0.4, 0.5) is 0 Å². The number of carboxylic acid groups (broad SMARTS) is 1. The molecule has 16 heavy (non-hydrogen) atoms. The van der Waals surface area contributed by atoms with Gasteiger partial charge in [0.25, 0.3) is 0 Å². The van der Waals surface area contributed by atoms with Crippen LogP contribution in [0.3, 0.4) is 0 Å². The summed E-state index contributed by atoms with van der Waals surface area (Å²) in [5.74, 6) is -1.27. The van der Waals surface area contributed by atoms with E-state index in [0.29, 0.717) is 19.4 Å². The third-order valence-electron chi connectivity index (χ3n) is 2.55. The van der Waals surface area contributed by atoms with Crippen molar-refractivity contribution < 1.29 is 19.4 Å². The molecular formula is C11H21NO4. The van der Waals surface area contributed by atoms with Gasteiger partial charge in [0, 0.05) is 20.1 Å². The van der Waals surface area contributed by atoms with Crippen LogP contribution in [0.2, 0.25) is 0 Å². The monoisotopic (exact) mass is 231 g/mol. The van der Waals surface area contributed by atoms with Crippen LogP contribution in [0.15, 0.2) is 0 Å². The Labute approximate surface area is 96.2 Å². The molecule has 0 aliphatic carbocycles. The number of rotatable bonds is 8. The van der Waals surface area contributed by atoms with Crippen molar-refractivity contribution in [2.45, 2.75) is 39.2 Å². The molecule has 0 aromatic heterocycles. The van der Waals surface area contributed by atoms with E-state index in [1.54, 1.807) is 7.11 Å². The van der Waals surface area contributed by atoms with E-state index < -0.39 is 12.0 Å². The molecule has 0 radical (unpaired) electrons. The van der Waals surface area contributed by atoms with Gasteiger partial charge in [-0.05, 0) is 12.3 Å². The summed E-state index contributed by atoms with van der Waals surface area (Å²) >= 11 is 0. The molecule has 0 rings (SSSR count). The van der Waals surface area contributed by atoms with Gasteiger partial charge >= 0.3 is 5.97 Å². The number of ether oxygens (including phenoxy) is 1. The van der Waals surface area contributed by atoms with E-state index in [1.165, 1.54) is 0 Å². The number of carboxylic acids is 1. The van der Waals surface area contributed by atoms with E-state index in [9.17, 15) is 9.59 Å². The van der Waals surface area contributed by atoms with E-state index in [0.717, 1.165) is 6.42 Å². The summed E-state index contributed by atoms with van der Waals surface area (Å²) in [6, 6.07) is -0.792. The number of amides is 1. The molecule has 0 aliphatic rings. The Morgan fingerprint density at radius 1 is 1.44 bits per heavy atom. The maximum absolute atomic E-state index is 11.4. The first-order valence-corrected chi connectivity index (χ1v) is 5.54. The maximum atomic E-state index is 11.4.